The van der Waals surface area contributed by atoms with Crippen LogP contribution in [0.3, 0.4) is 0 Å². The number of allylic oxidation sites excluding steroid dienone is 2. The Kier molecular flexibility index (Phi) is 5.91. The molecule has 4 aliphatic carbocycles. The minimum absolute atomic E-state index is 0.456. The SMILES string of the molecule is CC(C)C1CCNC1CC(C)[C@H]1CCC2C3=CCC4CC(N)CC[C@]4(C)C3CC[C@@]21C. The van der Waals surface area contributed by atoms with Gasteiger partial charge in [0.15, 0.2) is 0 Å². The first-order chi connectivity index (χ1) is 14.7. The minimum atomic E-state index is 0.456. The fourth-order valence-corrected chi connectivity index (χ4v) is 9.93. The van der Waals surface area contributed by atoms with Crippen LogP contribution in [0.5, 0.6) is 0 Å². The van der Waals surface area contributed by atoms with Gasteiger partial charge in [-0.1, -0.05) is 46.3 Å². The van der Waals surface area contributed by atoms with E-state index in [1.807, 2.05) is 5.57 Å². The minimum Gasteiger partial charge on any atom is -0.328 e. The number of nitrogens with one attached hydrogen (secondary N) is 1. The quantitative estimate of drug-likeness (QED) is 0.500. The van der Waals surface area contributed by atoms with Gasteiger partial charge in [0, 0.05) is 12.1 Å². The van der Waals surface area contributed by atoms with Crippen LogP contribution in [0.1, 0.15) is 98.8 Å². The third kappa shape index (κ3) is 3.58. The van der Waals surface area contributed by atoms with Crippen LogP contribution in [-0.2, 0) is 0 Å². The van der Waals surface area contributed by atoms with Gasteiger partial charge in [-0.15, -0.1) is 0 Å². The van der Waals surface area contributed by atoms with Crippen LogP contribution in [0.2, 0.25) is 0 Å². The molecule has 4 fully saturated rings. The molecule has 176 valence electrons. The van der Waals surface area contributed by atoms with Gasteiger partial charge in [-0.3, -0.25) is 0 Å². The van der Waals surface area contributed by atoms with Crippen molar-refractivity contribution in [2.75, 3.05) is 6.54 Å². The second-order valence-corrected chi connectivity index (χ2v) is 13.5. The van der Waals surface area contributed by atoms with E-state index in [0.29, 0.717) is 16.9 Å². The van der Waals surface area contributed by atoms with E-state index in [9.17, 15) is 0 Å². The van der Waals surface area contributed by atoms with Gasteiger partial charge in [-0.2, -0.15) is 0 Å². The molecular formula is C29H50N2. The van der Waals surface area contributed by atoms with Crippen molar-refractivity contribution in [2.24, 2.45) is 58.0 Å². The molecule has 0 amide bonds. The maximum atomic E-state index is 6.40. The third-order valence-electron chi connectivity index (χ3n) is 11.8. The Balaban J connectivity index is 1.33. The summed E-state index contributed by atoms with van der Waals surface area (Å²) >= 11 is 0. The molecule has 2 heteroatoms. The van der Waals surface area contributed by atoms with E-state index >= 15 is 0 Å². The van der Waals surface area contributed by atoms with Gasteiger partial charge in [0.25, 0.3) is 0 Å². The molecule has 1 aliphatic heterocycles. The number of fused-ring (bicyclic) bond motifs is 5. The maximum Gasteiger partial charge on any atom is 0.0101 e. The largest absolute Gasteiger partial charge is 0.328 e. The Morgan fingerprint density at radius 1 is 1.00 bits per heavy atom. The molecule has 3 saturated carbocycles. The molecule has 3 N–H and O–H groups in total. The molecule has 10 atom stereocenters. The van der Waals surface area contributed by atoms with Gasteiger partial charge in [-0.05, 0) is 123 Å². The average molecular weight is 427 g/mol. The zero-order valence-corrected chi connectivity index (χ0v) is 21.1. The Morgan fingerprint density at radius 3 is 2.52 bits per heavy atom. The van der Waals surface area contributed by atoms with E-state index in [1.54, 1.807) is 0 Å². The highest BCUT2D eigenvalue weighted by molar-refractivity contribution is 5.27. The predicted molar refractivity (Wildman–Crippen MR) is 132 cm³/mol. The standard InChI is InChI=1S/C29H50N2/c1-18(2)22-12-15-31-27(22)16-19(3)24-8-9-25-23-7-6-20-17-21(30)10-13-28(20,4)26(23)11-14-29(24,25)5/h7,18-22,24-27,31H,6,8-17,30H2,1-5H3/t19?,20?,21?,22?,24-,25?,26?,27?,28+,29-/m1/s1. The number of hydrogen-bond donors (Lipinski definition) is 2. The molecule has 31 heavy (non-hydrogen) atoms. The summed E-state index contributed by atoms with van der Waals surface area (Å²) in [5.74, 6) is 6.03. The second kappa shape index (κ2) is 8.15. The Bertz CT molecular complexity index is 697. The van der Waals surface area contributed by atoms with Crippen LogP contribution in [-0.4, -0.2) is 18.6 Å². The van der Waals surface area contributed by atoms with Crippen LogP contribution >= 0.6 is 0 Å². The molecule has 2 nitrogen and oxygen atoms in total. The van der Waals surface area contributed by atoms with Gasteiger partial charge < -0.3 is 11.1 Å². The molecule has 0 spiro atoms. The molecular weight excluding hydrogens is 376 g/mol. The number of rotatable bonds is 4. The van der Waals surface area contributed by atoms with Crippen LogP contribution in [0, 0.1) is 52.3 Å². The fraction of sp³-hybridized carbons (Fsp3) is 0.931. The lowest BCUT2D eigenvalue weighted by Gasteiger charge is -2.58. The maximum absolute atomic E-state index is 6.40. The fourth-order valence-electron chi connectivity index (χ4n) is 9.93. The Labute approximate surface area is 192 Å². The molecule has 0 aromatic rings. The van der Waals surface area contributed by atoms with Crippen molar-refractivity contribution >= 4 is 0 Å². The first kappa shape index (κ1) is 22.5. The summed E-state index contributed by atoms with van der Waals surface area (Å²) in [7, 11) is 0. The normalized spacial score (nSPS) is 50.5. The van der Waals surface area contributed by atoms with Gasteiger partial charge in [0.1, 0.15) is 0 Å². The van der Waals surface area contributed by atoms with E-state index in [2.05, 4.69) is 46.0 Å². The predicted octanol–water partition coefficient (Wildman–Crippen LogP) is 6.55. The summed E-state index contributed by atoms with van der Waals surface area (Å²) in [5.41, 5.74) is 9.38. The lowest BCUT2D eigenvalue weighted by Crippen LogP contribution is -2.51. The number of nitrogens with two attached hydrogens (primary N) is 1. The topological polar surface area (TPSA) is 38.0 Å². The lowest BCUT2D eigenvalue weighted by atomic mass is 9.47. The van der Waals surface area contributed by atoms with Gasteiger partial charge in [0.2, 0.25) is 0 Å². The van der Waals surface area contributed by atoms with Gasteiger partial charge >= 0.3 is 0 Å². The van der Waals surface area contributed by atoms with Gasteiger partial charge in [0.05, 0.1) is 0 Å². The van der Waals surface area contributed by atoms with E-state index in [0.717, 1.165) is 47.5 Å². The van der Waals surface area contributed by atoms with E-state index in [-0.39, 0.29) is 0 Å². The molecule has 0 aromatic heterocycles. The van der Waals surface area contributed by atoms with E-state index in [1.165, 1.54) is 70.8 Å². The average Bonchev–Trinajstić information content (AvgIpc) is 3.32. The van der Waals surface area contributed by atoms with Crippen molar-refractivity contribution in [2.45, 2.75) is 111 Å². The van der Waals surface area contributed by atoms with Crippen molar-refractivity contribution in [3.63, 3.8) is 0 Å². The van der Waals surface area contributed by atoms with Crippen molar-refractivity contribution in [1.29, 1.82) is 0 Å². The highest BCUT2D eigenvalue weighted by Gasteiger charge is 2.58. The van der Waals surface area contributed by atoms with Crippen molar-refractivity contribution in [3.05, 3.63) is 11.6 Å². The van der Waals surface area contributed by atoms with Crippen molar-refractivity contribution < 1.29 is 0 Å². The van der Waals surface area contributed by atoms with E-state index in [4.69, 9.17) is 5.73 Å². The summed E-state index contributed by atoms with van der Waals surface area (Å²) in [6.07, 6.45) is 16.6. The molecule has 0 aromatic carbocycles. The van der Waals surface area contributed by atoms with Crippen LogP contribution < -0.4 is 11.1 Å². The molecule has 5 aliphatic rings. The Morgan fingerprint density at radius 2 is 1.74 bits per heavy atom. The molecule has 1 heterocycles. The van der Waals surface area contributed by atoms with Gasteiger partial charge in [-0.25, -0.2) is 0 Å². The highest BCUT2D eigenvalue weighted by atomic mass is 15.0. The summed E-state index contributed by atoms with van der Waals surface area (Å²) < 4.78 is 0. The first-order valence-corrected chi connectivity index (χ1v) is 13.9. The smallest absolute Gasteiger partial charge is 0.0101 e. The monoisotopic (exact) mass is 426 g/mol. The summed E-state index contributed by atoms with van der Waals surface area (Å²) in [6.45, 7) is 14.1. The first-order valence-electron chi connectivity index (χ1n) is 13.9. The van der Waals surface area contributed by atoms with E-state index < -0.39 is 0 Å². The lowest BCUT2D eigenvalue weighted by molar-refractivity contribution is -0.0126. The summed E-state index contributed by atoms with van der Waals surface area (Å²) in [5, 5.41) is 3.89. The molecule has 0 radical (unpaired) electrons. The van der Waals surface area contributed by atoms with Crippen LogP contribution in [0.15, 0.2) is 11.6 Å². The number of hydrogen-bond acceptors (Lipinski definition) is 2. The summed E-state index contributed by atoms with van der Waals surface area (Å²) in [6, 6.07) is 1.21. The zero-order chi connectivity index (χ0) is 22.0. The van der Waals surface area contributed by atoms with Crippen molar-refractivity contribution in [1.82, 2.24) is 5.32 Å². The molecule has 5 rings (SSSR count). The molecule has 0 bridgehead atoms. The highest BCUT2D eigenvalue weighted by Crippen LogP contribution is 2.67. The zero-order valence-electron chi connectivity index (χ0n) is 21.1. The molecule has 7 unspecified atom stereocenters. The third-order valence-corrected chi connectivity index (χ3v) is 11.8. The second-order valence-electron chi connectivity index (χ2n) is 13.5. The van der Waals surface area contributed by atoms with Crippen molar-refractivity contribution in [3.8, 4) is 0 Å². The Hall–Kier alpha value is -0.340. The van der Waals surface area contributed by atoms with Crippen LogP contribution in [0.25, 0.3) is 0 Å². The molecule has 1 saturated heterocycles. The summed E-state index contributed by atoms with van der Waals surface area (Å²) in [4.78, 5) is 0. The van der Waals surface area contributed by atoms with Crippen LogP contribution in [0.4, 0.5) is 0 Å².